The number of anilines is 1. The van der Waals surface area contributed by atoms with Crippen molar-refractivity contribution in [1.82, 2.24) is 19.5 Å². The van der Waals surface area contributed by atoms with Crippen molar-refractivity contribution in [3.05, 3.63) is 23.1 Å². The first kappa shape index (κ1) is 21.5. The third kappa shape index (κ3) is 4.88. The van der Waals surface area contributed by atoms with Gasteiger partial charge < -0.3 is 30.0 Å². The van der Waals surface area contributed by atoms with E-state index in [0.29, 0.717) is 0 Å². The van der Waals surface area contributed by atoms with Gasteiger partial charge in [0.05, 0.1) is 25.1 Å². The molecule has 19 heteroatoms. The minimum atomic E-state index is -5.11. The largest absolute Gasteiger partial charge is 0.470 e. The predicted molar refractivity (Wildman–Crippen MR) is 91.5 cm³/mol. The number of aromatic nitrogens is 4. The van der Waals surface area contributed by atoms with Crippen molar-refractivity contribution >= 4 is 32.6 Å². The van der Waals surface area contributed by atoms with E-state index in [1.165, 1.54) is 10.9 Å². The molecule has 3 heterocycles. The predicted octanol–water partition coefficient (Wildman–Crippen LogP) is -0.428. The second-order valence-electron chi connectivity index (χ2n) is 5.69. The normalized spacial score (nSPS) is 25.2. The molecule has 0 aromatic carbocycles. The molecule has 6 N–H and O–H groups in total. The third-order valence-corrected chi connectivity index (χ3v) is 4.83. The molecule has 1 aliphatic rings. The topological polar surface area (TPSA) is 261 Å². The van der Waals surface area contributed by atoms with Gasteiger partial charge in [0.2, 0.25) is 0 Å². The summed E-state index contributed by atoms with van der Waals surface area (Å²) in [6, 6.07) is -1.43. The van der Waals surface area contributed by atoms with Crippen LogP contribution in [0.3, 0.4) is 0 Å². The molecule has 0 saturated carbocycles. The lowest BCUT2D eigenvalue weighted by Gasteiger charge is -2.22. The summed E-state index contributed by atoms with van der Waals surface area (Å²) in [7, 11) is -10.0. The van der Waals surface area contributed by atoms with E-state index in [2.05, 4.69) is 29.5 Å². The average Bonchev–Trinajstić information content (AvgIpc) is 3.15. The van der Waals surface area contributed by atoms with Gasteiger partial charge in [-0.25, -0.2) is 24.1 Å². The monoisotopic (exact) mass is 452 g/mol. The fraction of sp³-hybridized carbons (Fsp3) is 0.500. The minimum Gasteiger partial charge on any atom is -0.382 e. The number of hydrogen-bond acceptors (Lipinski definition) is 10. The molecule has 2 aromatic heterocycles. The highest BCUT2D eigenvalue weighted by Gasteiger charge is 2.49. The maximum Gasteiger partial charge on any atom is 0.470 e. The molecule has 0 aliphatic carbocycles. The summed E-state index contributed by atoms with van der Waals surface area (Å²) < 4.78 is 38.4. The van der Waals surface area contributed by atoms with Crippen LogP contribution in [0.5, 0.6) is 0 Å². The lowest BCUT2D eigenvalue weighted by atomic mass is 10.1. The van der Waals surface area contributed by atoms with E-state index < -0.39 is 46.7 Å². The smallest absolute Gasteiger partial charge is 0.382 e. The third-order valence-electron chi connectivity index (χ3n) is 3.82. The van der Waals surface area contributed by atoms with Crippen LogP contribution in [0.2, 0.25) is 0 Å². The second kappa shape index (κ2) is 7.93. The molecule has 0 amide bonds. The molecule has 0 bridgehead atoms. The van der Waals surface area contributed by atoms with Crippen molar-refractivity contribution in [2.75, 3.05) is 12.3 Å². The van der Waals surface area contributed by atoms with Gasteiger partial charge in [-0.1, -0.05) is 5.11 Å². The number of nitrogens with two attached hydrogens (primary N) is 1. The van der Waals surface area contributed by atoms with Gasteiger partial charge >= 0.3 is 15.6 Å². The van der Waals surface area contributed by atoms with Crippen molar-refractivity contribution in [3.8, 4) is 0 Å². The lowest BCUT2D eigenvalue weighted by Crippen LogP contribution is -2.33. The Hall–Kier alpha value is -2.16. The van der Waals surface area contributed by atoms with Crippen molar-refractivity contribution in [2.24, 2.45) is 5.11 Å². The van der Waals surface area contributed by atoms with Gasteiger partial charge in [0, 0.05) is 4.91 Å². The standard InChI is InChI=1S/C10H14N8O9P2/c11-8-6-9(14-2-13-8)18(3-15-6)10-7(27-29(22,23)24)5(16-17-12)4(26-10)1-25-28(19,20)21/h2-5,7,10H,1H2,(H2,11,13,14)(H2,19,20,21)(H2,22,23,24). The van der Waals surface area contributed by atoms with Crippen molar-refractivity contribution in [2.45, 2.75) is 24.5 Å². The van der Waals surface area contributed by atoms with Gasteiger partial charge in [0.1, 0.15) is 17.9 Å². The second-order valence-corrected chi connectivity index (χ2v) is 8.12. The van der Waals surface area contributed by atoms with E-state index in [4.69, 9.17) is 30.3 Å². The first-order valence-corrected chi connectivity index (χ1v) is 10.6. The molecule has 1 aliphatic heterocycles. The minimum absolute atomic E-state index is 0.0205. The van der Waals surface area contributed by atoms with Gasteiger partial charge in [-0.05, 0) is 5.53 Å². The van der Waals surface area contributed by atoms with Gasteiger partial charge in [-0.3, -0.25) is 13.6 Å². The van der Waals surface area contributed by atoms with Gasteiger partial charge in [0.15, 0.2) is 17.7 Å². The highest BCUT2D eigenvalue weighted by molar-refractivity contribution is 7.46. The molecule has 158 valence electrons. The van der Waals surface area contributed by atoms with Crippen LogP contribution in [0.4, 0.5) is 5.82 Å². The average molecular weight is 452 g/mol. The van der Waals surface area contributed by atoms with Crippen molar-refractivity contribution < 1.29 is 42.5 Å². The Bertz CT molecular complexity index is 1040. The van der Waals surface area contributed by atoms with Gasteiger partial charge in [0.25, 0.3) is 0 Å². The number of phosphoric acid groups is 2. The van der Waals surface area contributed by atoms with Crippen LogP contribution in [-0.2, 0) is 22.9 Å². The molecule has 1 fully saturated rings. The van der Waals surface area contributed by atoms with E-state index in [1.54, 1.807) is 0 Å². The lowest BCUT2D eigenvalue weighted by molar-refractivity contribution is -0.0474. The van der Waals surface area contributed by atoms with Crippen LogP contribution in [0.15, 0.2) is 17.8 Å². The van der Waals surface area contributed by atoms with Crippen LogP contribution in [0.1, 0.15) is 6.23 Å². The SMILES string of the molecule is [N-]=[N+]=NC1C(COP(=O)(O)O)OC(n2cnc3c(N)ncnc32)C1OP(=O)(O)O. The summed E-state index contributed by atoms with van der Waals surface area (Å²) in [5.41, 5.74) is 14.8. The Balaban J connectivity index is 2.04. The number of phosphoric ester groups is 2. The number of nitrogens with zero attached hydrogens (tertiary/aromatic N) is 7. The highest BCUT2D eigenvalue weighted by atomic mass is 31.2. The van der Waals surface area contributed by atoms with Crippen LogP contribution >= 0.6 is 15.6 Å². The maximum atomic E-state index is 11.4. The van der Waals surface area contributed by atoms with Crippen LogP contribution < -0.4 is 5.73 Å². The molecule has 1 saturated heterocycles. The molecule has 4 unspecified atom stereocenters. The summed E-state index contributed by atoms with van der Waals surface area (Å²) in [4.78, 5) is 50.6. The molecule has 29 heavy (non-hydrogen) atoms. The number of nitrogen functional groups attached to an aromatic ring is 1. The molecular weight excluding hydrogens is 438 g/mol. The quantitative estimate of drug-likeness (QED) is 0.155. The summed E-state index contributed by atoms with van der Waals surface area (Å²) in [6.45, 7) is -0.769. The summed E-state index contributed by atoms with van der Waals surface area (Å²) in [5.74, 6) is 0.0205. The first-order chi connectivity index (χ1) is 13.5. The Labute approximate surface area is 160 Å². The molecule has 2 aromatic rings. The fourth-order valence-electron chi connectivity index (χ4n) is 2.78. The van der Waals surface area contributed by atoms with Crippen molar-refractivity contribution in [3.63, 3.8) is 0 Å². The van der Waals surface area contributed by atoms with Crippen LogP contribution in [0, 0.1) is 0 Å². The first-order valence-electron chi connectivity index (χ1n) is 7.57. The zero-order chi connectivity index (χ0) is 21.4. The number of ether oxygens (including phenoxy) is 1. The molecule has 4 atom stereocenters. The van der Waals surface area contributed by atoms with Crippen LogP contribution in [-0.4, -0.2) is 63.9 Å². The van der Waals surface area contributed by atoms with Crippen LogP contribution in [0.25, 0.3) is 21.6 Å². The Kier molecular flexibility index (Phi) is 5.89. The Morgan fingerprint density at radius 2 is 2.00 bits per heavy atom. The fourth-order valence-corrected chi connectivity index (χ4v) is 3.67. The number of hydrogen-bond donors (Lipinski definition) is 5. The number of rotatable bonds is 7. The van der Waals surface area contributed by atoms with E-state index in [-0.39, 0.29) is 17.0 Å². The van der Waals surface area contributed by atoms with E-state index in [9.17, 15) is 18.9 Å². The zero-order valence-electron chi connectivity index (χ0n) is 14.1. The molecule has 0 radical (unpaired) electrons. The maximum absolute atomic E-state index is 11.4. The molecular formula is C10H14N8O9P2. The Morgan fingerprint density at radius 1 is 1.28 bits per heavy atom. The van der Waals surface area contributed by atoms with E-state index in [1.807, 2.05) is 0 Å². The summed E-state index contributed by atoms with van der Waals surface area (Å²) in [5, 5.41) is 3.39. The molecule has 0 spiro atoms. The van der Waals surface area contributed by atoms with Gasteiger partial charge in [-0.2, -0.15) is 0 Å². The zero-order valence-corrected chi connectivity index (χ0v) is 15.9. The molecule has 3 rings (SSSR count). The molecule has 17 nitrogen and oxygen atoms in total. The van der Waals surface area contributed by atoms with E-state index in [0.717, 1.165) is 6.33 Å². The summed E-state index contributed by atoms with van der Waals surface area (Å²) >= 11 is 0. The van der Waals surface area contributed by atoms with Crippen molar-refractivity contribution in [1.29, 1.82) is 0 Å². The van der Waals surface area contributed by atoms with E-state index >= 15 is 0 Å². The summed E-state index contributed by atoms with van der Waals surface area (Å²) in [6.07, 6.45) is -2.01. The number of azide groups is 1. The Morgan fingerprint density at radius 3 is 2.62 bits per heavy atom. The number of imidazole rings is 1. The van der Waals surface area contributed by atoms with Gasteiger partial charge in [-0.15, -0.1) is 0 Å². The highest BCUT2D eigenvalue weighted by Crippen LogP contribution is 2.47. The number of fused-ring (bicyclic) bond motifs is 1.